The fourth-order valence-electron chi connectivity index (χ4n) is 0.913. The van der Waals surface area contributed by atoms with Gasteiger partial charge in [-0.1, -0.05) is 0 Å². The quantitative estimate of drug-likeness (QED) is 0.752. The molecule has 0 bridgehead atoms. The number of rotatable bonds is 4. The Morgan fingerprint density at radius 1 is 1.50 bits per heavy atom. The van der Waals surface area contributed by atoms with Crippen LogP contribution in [-0.4, -0.2) is 27.5 Å². The summed E-state index contributed by atoms with van der Waals surface area (Å²) in [6.07, 6.45) is -2.84. The first-order chi connectivity index (χ1) is 6.53. The van der Waals surface area contributed by atoms with E-state index in [0.717, 1.165) is 0 Å². The number of aromatic nitrogens is 3. The summed E-state index contributed by atoms with van der Waals surface area (Å²) in [6.45, 7) is 1.02. The number of nitrogens with zero attached hydrogens (tertiary/aromatic N) is 3. The molecule has 0 aliphatic rings. The van der Waals surface area contributed by atoms with Crippen LogP contribution in [-0.2, 0) is 17.9 Å². The minimum Gasteiger partial charge on any atom is -0.364 e. The molecular formula is C7H10F3N3O. The molecule has 1 rings (SSSR count). The van der Waals surface area contributed by atoms with Crippen molar-refractivity contribution in [3.63, 3.8) is 0 Å². The molecular weight excluding hydrogens is 199 g/mol. The van der Waals surface area contributed by atoms with E-state index in [1.165, 1.54) is 6.33 Å². The van der Waals surface area contributed by atoms with E-state index in [-0.39, 0.29) is 6.61 Å². The number of hydrogen-bond donors (Lipinski definition) is 0. The van der Waals surface area contributed by atoms with Crippen molar-refractivity contribution in [3.8, 4) is 0 Å². The maximum atomic E-state index is 11.7. The molecule has 1 aromatic heterocycles. The van der Waals surface area contributed by atoms with E-state index in [9.17, 15) is 13.2 Å². The van der Waals surface area contributed by atoms with Crippen molar-refractivity contribution in [2.75, 3.05) is 6.61 Å². The number of aryl methyl sites for hydroxylation is 1. The lowest BCUT2D eigenvalue weighted by Gasteiger charge is -2.07. The van der Waals surface area contributed by atoms with Gasteiger partial charge in [0.15, 0.2) is 5.82 Å². The van der Waals surface area contributed by atoms with Crippen molar-refractivity contribution in [1.29, 1.82) is 0 Å². The summed E-state index contributed by atoms with van der Waals surface area (Å²) in [4.78, 5) is 0. The van der Waals surface area contributed by atoms with Crippen molar-refractivity contribution in [3.05, 3.63) is 12.2 Å². The highest BCUT2D eigenvalue weighted by Gasteiger charge is 2.27. The van der Waals surface area contributed by atoms with Gasteiger partial charge in [0.05, 0.1) is 0 Å². The van der Waals surface area contributed by atoms with Crippen LogP contribution >= 0.6 is 0 Å². The summed E-state index contributed by atoms with van der Waals surface area (Å²) in [7, 11) is 0. The van der Waals surface area contributed by atoms with Gasteiger partial charge >= 0.3 is 6.18 Å². The lowest BCUT2D eigenvalue weighted by atomic mass is 10.6. The molecule has 7 heteroatoms. The maximum Gasteiger partial charge on any atom is 0.411 e. The van der Waals surface area contributed by atoms with E-state index < -0.39 is 12.8 Å². The summed E-state index contributed by atoms with van der Waals surface area (Å²) in [5, 5.41) is 7.19. The van der Waals surface area contributed by atoms with Crippen LogP contribution in [0.1, 0.15) is 12.7 Å². The van der Waals surface area contributed by atoms with Gasteiger partial charge in [0.25, 0.3) is 0 Å². The molecule has 0 atom stereocenters. The van der Waals surface area contributed by atoms with E-state index in [0.29, 0.717) is 12.4 Å². The molecule has 0 aliphatic heterocycles. The van der Waals surface area contributed by atoms with Crippen molar-refractivity contribution < 1.29 is 17.9 Å². The Kier molecular flexibility index (Phi) is 3.45. The monoisotopic (exact) mass is 209 g/mol. The predicted octanol–water partition coefficient (Wildman–Crippen LogP) is 1.38. The second-order valence-corrected chi connectivity index (χ2v) is 2.64. The van der Waals surface area contributed by atoms with Gasteiger partial charge in [-0.3, -0.25) is 0 Å². The highest BCUT2D eigenvalue weighted by molar-refractivity contribution is 4.82. The minimum absolute atomic E-state index is 0.173. The molecule has 1 heterocycles. The molecule has 0 N–H and O–H groups in total. The van der Waals surface area contributed by atoms with Gasteiger partial charge in [0.2, 0.25) is 0 Å². The van der Waals surface area contributed by atoms with E-state index >= 15 is 0 Å². The van der Waals surface area contributed by atoms with E-state index in [2.05, 4.69) is 14.9 Å². The fourth-order valence-corrected chi connectivity index (χ4v) is 0.913. The highest BCUT2D eigenvalue weighted by atomic mass is 19.4. The lowest BCUT2D eigenvalue weighted by molar-refractivity contribution is -0.177. The second-order valence-electron chi connectivity index (χ2n) is 2.64. The SMILES string of the molecule is CCn1cnnc1COCC(F)(F)F. The molecule has 80 valence electrons. The predicted molar refractivity (Wildman–Crippen MR) is 41.4 cm³/mol. The maximum absolute atomic E-state index is 11.7. The van der Waals surface area contributed by atoms with Gasteiger partial charge in [-0.2, -0.15) is 13.2 Å². The summed E-state index contributed by atoms with van der Waals surface area (Å²) >= 11 is 0. The van der Waals surface area contributed by atoms with Gasteiger partial charge in [0, 0.05) is 6.54 Å². The van der Waals surface area contributed by atoms with Crippen LogP contribution in [0.25, 0.3) is 0 Å². The molecule has 14 heavy (non-hydrogen) atoms. The molecule has 0 aliphatic carbocycles. The molecule has 0 unspecified atom stereocenters. The fraction of sp³-hybridized carbons (Fsp3) is 0.714. The van der Waals surface area contributed by atoms with Crippen molar-refractivity contribution in [2.24, 2.45) is 0 Å². The zero-order valence-electron chi connectivity index (χ0n) is 7.58. The molecule has 1 aromatic rings. The molecule has 0 saturated carbocycles. The Hall–Kier alpha value is -1.11. The zero-order valence-corrected chi connectivity index (χ0v) is 7.58. The Morgan fingerprint density at radius 2 is 2.21 bits per heavy atom. The molecule has 0 fully saturated rings. The van der Waals surface area contributed by atoms with Gasteiger partial charge in [-0.05, 0) is 6.92 Å². The first kappa shape index (κ1) is 11.0. The van der Waals surface area contributed by atoms with E-state index in [1.807, 2.05) is 6.92 Å². The van der Waals surface area contributed by atoms with Gasteiger partial charge < -0.3 is 9.30 Å². The van der Waals surface area contributed by atoms with E-state index in [4.69, 9.17) is 0 Å². The third-order valence-corrected chi connectivity index (χ3v) is 1.53. The first-order valence-electron chi connectivity index (χ1n) is 4.04. The number of alkyl halides is 3. The molecule has 0 radical (unpaired) electrons. The first-order valence-corrected chi connectivity index (χ1v) is 4.04. The topological polar surface area (TPSA) is 39.9 Å². The number of halogens is 3. The second kappa shape index (κ2) is 4.41. The Labute approximate surface area is 78.7 Å². The third kappa shape index (κ3) is 3.33. The molecule has 0 saturated heterocycles. The summed E-state index contributed by atoms with van der Waals surface area (Å²) in [5.74, 6) is 0.400. The third-order valence-electron chi connectivity index (χ3n) is 1.53. The average Bonchev–Trinajstić information content (AvgIpc) is 2.49. The standard InChI is InChI=1S/C7H10F3N3O/c1-2-13-5-11-12-6(13)3-14-4-7(8,9)10/h5H,2-4H2,1H3. The van der Waals surface area contributed by atoms with E-state index in [1.54, 1.807) is 4.57 Å². The van der Waals surface area contributed by atoms with Crippen LogP contribution in [0.2, 0.25) is 0 Å². The molecule has 0 spiro atoms. The molecule has 0 aromatic carbocycles. The van der Waals surface area contributed by atoms with Crippen LogP contribution in [0, 0.1) is 0 Å². The summed E-state index contributed by atoms with van der Waals surface area (Å²) < 4.78 is 41.2. The zero-order chi connectivity index (χ0) is 10.6. The van der Waals surface area contributed by atoms with Crippen molar-refractivity contribution in [2.45, 2.75) is 26.3 Å². The normalized spacial score (nSPS) is 12.0. The summed E-state index contributed by atoms with van der Waals surface area (Å²) in [6, 6.07) is 0. The Morgan fingerprint density at radius 3 is 2.79 bits per heavy atom. The minimum atomic E-state index is -4.29. The number of hydrogen-bond acceptors (Lipinski definition) is 3. The highest BCUT2D eigenvalue weighted by Crippen LogP contribution is 2.15. The molecule has 4 nitrogen and oxygen atoms in total. The lowest BCUT2D eigenvalue weighted by Crippen LogP contribution is -2.17. The van der Waals surface area contributed by atoms with Crippen molar-refractivity contribution >= 4 is 0 Å². The van der Waals surface area contributed by atoms with Crippen LogP contribution in [0.3, 0.4) is 0 Å². The Bertz CT molecular complexity index is 284. The van der Waals surface area contributed by atoms with Gasteiger partial charge in [-0.15, -0.1) is 10.2 Å². The smallest absolute Gasteiger partial charge is 0.364 e. The van der Waals surface area contributed by atoms with Gasteiger partial charge in [0.1, 0.15) is 19.5 Å². The average molecular weight is 209 g/mol. The van der Waals surface area contributed by atoms with Crippen LogP contribution in [0.4, 0.5) is 13.2 Å². The van der Waals surface area contributed by atoms with Crippen molar-refractivity contribution in [1.82, 2.24) is 14.8 Å². The molecule has 0 amide bonds. The van der Waals surface area contributed by atoms with Crippen LogP contribution in [0.15, 0.2) is 6.33 Å². The Balaban J connectivity index is 2.38. The van der Waals surface area contributed by atoms with Gasteiger partial charge in [-0.25, -0.2) is 0 Å². The number of ether oxygens (including phenoxy) is 1. The van der Waals surface area contributed by atoms with Crippen LogP contribution < -0.4 is 0 Å². The largest absolute Gasteiger partial charge is 0.411 e. The summed E-state index contributed by atoms with van der Waals surface area (Å²) in [5.41, 5.74) is 0. The van der Waals surface area contributed by atoms with Crippen LogP contribution in [0.5, 0.6) is 0 Å².